The molecule has 0 unspecified atom stereocenters. The highest BCUT2D eigenvalue weighted by molar-refractivity contribution is 5.00. The van der Waals surface area contributed by atoms with Gasteiger partial charge in [-0.15, -0.1) is 10.2 Å². The number of hydrogen-bond acceptors (Lipinski definition) is 5. The van der Waals surface area contributed by atoms with Gasteiger partial charge in [-0.25, -0.2) is 0 Å². The van der Waals surface area contributed by atoms with Crippen molar-refractivity contribution in [3.63, 3.8) is 0 Å². The van der Waals surface area contributed by atoms with Gasteiger partial charge >= 0.3 is 0 Å². The second-order valence-electron chi connectivity index (χ2n) is 6.43. The molecule has 20 heavy (non-hydrogen) atoms. The van der Waals surface area contributed by atoms with Crippen molar-refractivity contribution < 1.29 is 4.42 Å². The SMILES string of the molecule is C[C@@H]1CCCCN1CCN(C)Cc1nnc(C2CC2)o1. The summed E-state index contributed by atoms with van der Waals surface area (Å²) in [6.45, 7) is 6.56. The Balaban J connectivity index is 1.42. The second-order valence-corrected chi connectivity index (χ2v) is 6.43. The standard InChI is InChI=1S/C15H26N4O/c1-12-5-3-4-8-19(12)10-9-18(2)11-14-16-17-15(20-14)13-6-7-13/h12-13H,3-11H2,1-2H3/t12-/m1/s1. The molecule has 1 saturated heterocycles. The smallest absolute Gasteiger partial charge is 0.230 e. The molecule has 0 bridgehead atoms. The summed E-state index contributed by atoms with van der Waals surface area (Å²) < 4.78 is 5.71. The molecule has 0 radical (unpaired) electrons. The summed E-state index contributed by atoms with van der Waals surface area (Å²) in [6, 6.07) is 0.738. The summed E-state index contributed by atoms with van der Waals surface area (Å²) >= 11 is 0. The van der Waals surface area contributed by atoms with E-state index >= 15 is 0 Å². The van der Waals surface area contributed by atoms with Crippen molar-refractivity contribution in [2.45, 2.75) is 57.5 Å². The van der Waals surface area contributed by atoms with Gasteiger partial charge in [-0.05, 0) is 46.2 Å². The average Bonchev–Trinajstić information content (AvgIpc) is 3.19. The lowest BCUT2D eigenvalue weighted by Gasteiger charge is -2.34. The van der Waals surface area contributed by atoms with Gasteiger partial charge in [0, 0.05) is 25.0 Å². The van der Waals surface area contributed by atoms with Crippen LogP contribution in [0.3, 0.4) is 0 Å². The number of aromatic nitrogens is 2. The van der Waals surface area contributed by atoms with Crippen molar-refractivity contribution in [2.75, 3.05) is 26.7 Å². The summed E-state index contributed by atoms with van der Waals surface area (Å²) in [4.78, 5) is 4.88. The van der Waals surface area contributed by atoms with Crippen LogP contribution in [0.4, 0.5) is 0 Å². The summed E-state index contributed by atoms with van der Waals surface area (Å²) in [5.74, 6) is 2.16. The molecular weight excluding hydrogens is 252 g/mol. The molecule has 0 aromatic carbocycles. The first kappa shape index (κ1) is 14.0. The van der Waals surface area contributed by atoms with Crippen LogP contribution in [0.25, 0.3) is 0 Å². The first-order chi connectivity index (χ1) is 9.72. The first-order valence-corrected chi connectivity index (χ1v) is 7.97. The van der Waals surface area contributed by atoms with E-state index in [9.17, 15) is 0 Å². The third-order valence-corrected chi connectivity index (χ3v) is 4.52. The predicted molar refractivity (Wildman–Crippen MR) is 77.5 cm³/mol. The molecule has 2 fully saturated rings. The van der Waals surface area contributed by atoms with E-state index < -0.39 is 0 Å². The monoisotopic (exact) mass is 278 g/mol. The maximum atomic E-state index is 5.71. The van der Waals surface area contributed by atoms with Crippen LogP contribution in [0.15, 0.2) is 4.42 Å². The Hall–Kier alpha value is -0.940. The van der Waals surface area contributed by atoms with Gasteiger partial charge in [0.25, 0.3) is 0 Å². The maximum absolute atomic E-state index is 5.71. The fraction of sp³-hybridized carbons (Fsp3) is 0.867. The molecule has 1 aliphatic heterocycles. The zero-order valence-corrected chi connectivity index (χ0v) is 12.7. The third kappa shape index (κ3) is 3.58. The van der Waals surface area contributed by atoms with Crippen molar-refractivity contribution in [1.29, 1.82) is 0 Å². The first-order valence-electron chi connectivity index (χ1n) is 7.97. The van der Waals surface area contributed by atoms with E-state index in [2.05, 4.69) is 34.0 Å². The van der Waals surface area contributed by atoms with Gasteiger partial charge in [-0.3, -0.25) is 9.80 Å². The van der Waals surface area contributed by atoms with E-state index in [1.54, 1.807) is 0 Å². The Morgan fingerprint density at radius 3 is 2.85 bits per heavy atom. The van der Waals surface area contributed by atoms with E-state index in [1.165, 1.54) is 38.6 Å². The molecule has 2 aliphatic rings. The molecule has 3 rings (SSSR count). The topological polar surface area (TPSA) is 45.4 Å². The fourth-order valence-electron chi connectivity index (χ4n) is 2.92. The largest absolute Gasteiger partial charge is 0.424 e. The molecule has 5 heteroatoms. The highest BCUT2D eigenvalue weighted by Crippen LogP contribution is 2.39. The molecule has 0 spiro atoms. The van der Waals surface area contributed by atoms with Crippen LogP contribution in [0.1, 0.15) is 56.7 Å². The van der Waals surface area contributed by atoms with Gasteiger partial charge in [0.05, 0.1) is 6.54 Å². The number of nitrogens with zero attached hydrogens (tertiary/aromatic N) is 4. The van der Waals surface area contributed by atoms with Crippen molar-refractivity contribution >= 4 is 0 Å². The zero-order valence-electron chi connectivity index (χ0n) is 12.7. The highest BCUT2D eigenvalue weighted by Gasteiger charge is 2.29. The molecule has 1 saturated carbocycles. The Morgan fingerprint density at radius 1 is 1.25 bits per heavy atom. The van der Waals surface area contributed by atoms with Crippen LogP contribution < -0.4 is 0 Å². The van der Waals surface area contributed by atoms with Crippen molar-refractivity contribution in [3.8, 4) is 0 Å². The second kappa shape index (κ2) is 6.22. The Morgan fingerprint density at radius 2 is 2.10 bits per heavy atom. The molecule has 5 nitrogen and oxygen atoms in total. The van der Waals surface area contributed by atoms with Crippen LogP contribution in [-0.2, 0) is 6.54 Å². The summed E-state index contributed by atoms with van der Waals surface area (Å²) in [6.07, 6.45) is 6.51. The van der Waals surface area contributed by atoms with Gasteiger partial charge in [-0.2, -0.15) is 0 Å². The quantitative estimate of drug-likeness (QED) is 0.798. The van der Waals surface area contributed by atoms with E-state index in [-0.39, 0.29) is 0 Å². The molecule has 2 heterocycles. The number of piperidine rings is 1. The molecule has 0 N–H and O–H groups in total. The maximum Gasteiger partial charge on any atom is 0.230 e. The normalized spacial score (nSPS) is 24.4. The molecule has 1 aromatic heterocycles. The average molecular weight is 278 g/mol. The molecule has 1 aromatic rings. The lowest BCUT2D eigenvalue weighted by atomic mass is 10.0. The molecule has 112 valence electrons. The fourth-order valence-corrected chi connectivity index (χ4v) is 2.92. The molecule has 1 aliphatic carbocycles. The van der Waals surface area contributed by atoms with E-state index in [1.807, 2.05) is 0 Å². The van der Waals surface area contributed by atoms with Crippen LogP contribution in [0.5, 0.6) is 0 Å². The molecular formula is C15H26N4O. The number of likely N-dealkylation sites (N-methyl/N-ethyl adjacent to an activating group) is 1. The summed E-state index contributed by atoms with van der Waals surface area (Å²) in [5, 5.41) is 8.29. The minimum absolute atomic E-state index is 0.552. The third-order valence-electron chi connectivity index (χ3n) is 4.52. The van der Waals surface area contributed by atoms with E-state index in [4.69, 9.17) is 4.42 Å². The van der Waals surface area contributed by atoms with Gasteiger partial charge in [0.15, 0.2) is 0 Å². The zero-order chi connectivity index (χ0) is 13.9. The van der Waals surface area contributed by atoms with Crippen molar-refractivity contribution in [1.82, 2.24) is 20.0 Å². The predicted octanol–water partition coefficient (Wildman–Crippen LogP) is 2.25. The molecule has 1 atom stereocenters. The molecule has 0 amide bonds. The van der Waals surface area contributed by atoms with E-state index in [0.29, 0.717) is 5.92 Å². The van der Waals surface area contributed by atoms with Crippen LogP contribution in [0, 0.1) is 0 Å². The van der Waals surface area contributed by atoms with Crippen LogP contribution in [0.2, 0.25) is 0 Å². The summed E-state index contributed by atoms with van der Waals surface area (Å²) in [7, 11) is 2.13. The lowest BCUT2D eigenvalue weighted by molar-refractivity contribution is 0.138. The minimum Gasteiger partial charge on any atom is -0.424 e. The van der Waals surface area contributed by atoms with Gasteiger partial charge in [-0.1, -0.05) is 6.42 Å². The van der Waals surface area contributed by atoms with Gasteiger partial charge in [0.1, 0.15) is 0 Å². The lowest BCUT2D eigenvalue weighted by Crippen LogP contribution is -2.41. The number of likely N-dealkylation sites (tertiary alicyclic amines) is 1. The van der Waals surface area contributed by atoms with Crippen LogP contribution >= 0.6 is 0 Å². The number of hydrogen-bond donors (Lipinski definition) is 0. The summed E-state index contributed by atoms with van der Waals surface area (Å²) in [5.41, 5.74) is 0. The van der Waals surface area contributed by atoms with Gasteiger partial charge < -0.3 is 4.42 Å². The highest BCUT2D eigenvalue weighted by atomic mass is 16.4. The Bertz CT molecular complexity index is 429. The Labute approximate surface area is 121 Å². The van der Waals surface area contributed by atoms with Crippen molar-refractivity contribution in [2.24, 2.45) is 0 Å². The number of rotatable bonds is 6. The van der Waals surface area contributed by atoms with Crippen molar-refractivity contribution in [3.05, 3.63) is 11.8 Å². The van der Waals surface area contributed by atoms with E-state index in [0.717, 1.165) is 37.5 Å². The van der Waals surface area contributed by atoms with Crippen LogP contribution in [-0.4, -0.2) is 52.7 Å². The van der Waals surface area contributed by atoms with Gasteiger partial charge in [0.2, 0.25) is 11.8 Å². The Kier molecular flexibility index (Phi) is 4.36. The minimum atomic E-state index is 0.552.